The number of hydrogen-bond donors (Lipinski definition) is 2. The molecule has 0 aliphatic rings. The smallest absolute Gasteiger partial charge is 0.308 e. The molecule has 19 heavy (non-hydrogen) atoms. The number of rotatable bonds is 6. The Balaban J connectivity index is 3.05. The van der Waals surface area contributed by atoms with Crippen LogP contribution < -0.4 is 5.32 Å². The Hall–Kier alpha value is -1.35. The number of hydrogen-bond acceptors (Lipinski definition) is 2. The maximum Gasteiger partial charge on any atom is 0.308 e. The predicted octanol–water partition coefficient (Wildman–Crippen LogP) is 3.43. The van der Waals surface area contributed by atoms with Gasteiger partial charge in [0.25, 0.3) is 0 Å². The minimum atomic E-state index is -0.748. The highest BCUT2D eigenvalue weighted by Crippen LogP contribution is 2.29. The van der Waals surface area contributed by atoms with Crippen LogP contribution in [0.3, 0.4) is 0 Å². The Kier molecular flexibility index (Phi) is 5.55. The van der Waals surface area contributed by atoms with Crippen LogP contribution >= 0.6 is 0 Å². The fraction of sp³-hybridized carbons (Fsp3) is 0.562. The van der Waals surface area contributed by atoms with Crippen molar-refractivity contribution in [2.24, 2.45) is 11.8 Å². The van der Waals surface area contributed by atoms with Crippen molar-refractivity contribution in [1.29, 1.82) is 0 Å². The molecule has 0 fully saturated rings. The first-order chi connectivity index (χ1) is 8.88. The van der Waals surface area contributed by atoms with E-state index >= 15 is 0 Å². The molecule has 0 aliphatic carbocycles. The lowest BCUT2D eigenvalue weighted by molar-refractivity contribution is -0.144. The van der Waals surface area contributed by atoms with Gasteiger partial charge in [-0.2, -0.15) is 0 Å². The molecule has 0 aromatic heterocycles. The van der Waals surface area contributed by atoms with Crippen LogP contribution in [0.4, 0.5) is 0 Å². The van der Waals surface area contributed by atoms with Crippen LogP contribution in [0.25, 0.3) is 0 Å². The van der Waals surface area contributed by atoms with Gasteiger partial charge in [-0.3, -0.25) is 4.79 Å². The summed E-state index contributed by atoms with van der Waals surface area (Å²) in [5, 5.41) is 12.6. The molecule has 1 rings (SSSR count). The van der Waals surface area contributed by atoms with E-state index in [2.05, 4.69) is 31.3 Å². The van der Waals surface area contributed by atoms with Gasteiger partial charge in [0, 0.05) is 6.04 Å². The second kappa shape index (κ2) is 6.71. The summed E-state index contributed by atoms with van der Waals surface area (Å²) in [7, 11) is 1.82. The van der Waals surface area contributed by atoms with E-state index < -0.39 is 11.9 Å². The normalized spacial score (nSPS) is 14.7. The fourth-order valence-electron chi connectivity index (χ4n) is 2.45. The van der Waals surface area contributed by atoms with Gasteiger partial charge in [-0.1, -0.05) is 52.0 Å². The van der Waals surface area contributed by atoms with Gasteiger partial charge in [0.15, 0.2) is 0 Å². The minimum Gasteiger partial charge on any atom is -0.481 e. The molecule has 1 aromatic rings. The van der Waals surface area contributed by atoms with Crippen LogP contribution in [-0.2, 0) is 4.79 Å². The monoisotopic (exact) mass is 263 g/mol. The SMILES string of the molecule is CNC(c1ccc(C(C)C)cc1)C(C(=O)O)C(C)C. The summed E-state index contributed by atoms with van der Waals surface area (Å²) in [4.78, 5) is 11.4. The molecule has 0 spiro atoms. The first kappa shape index (κ1) is 15.7. The van der Waals surface area contributed by atoms with Crippen molar-refractivity contribution in [2.45, 2.75) is 39.7 Å². The highest BCUT2D eigenvalue weighted by atomic mass is 16.4. The molecule has 2 N–H and O–H groups in total. The van der Waals surface area contributed by atoms with E-state index in [4.69, 9.17) is 0 Å². The van der Waals surface area contributed by atoms with Gasteiger partial charge >= 0.3 is 5.97 Å². The van der Waals surface area contributed by atoms with Crippen LogP contribution in [0.15, 0.2) is 24.3 Å². The van der Waals surface area contributed by atoms with Crippen LogP contribution in [0.5, 0.6) is 0 Å². The van der Waals surface area contributed by atoms with Gasteiger partial charge in [0.05, 0.1) is 5.92 Å². The third-order valence-electron chi connectivity index (χ3n) is 3.64. The van der Waals surface area contributed by atoms with Gasteiger partial charge in [-0.15, -0.1) is 0 Å². The number of aliphatic carboxylic acids is 1. The summed E-state index contributed by atoms with van der Waals surface area (Å²) >= 11 is 0. The molecule has 106 valence electrons. The van der Waals surface area contributed by atoms with Crippen molar-refractivity contribution >= 4 is 5.97 Å². The third-order valence-corrected chi connectivity index (χ3v) is 3.64. The maximum absolute atomic E-state index is 11.4. The molecule has 2 atom stereocenters. The molecule has 0 bridgehead atoms. The number of carbonyl (C=O) groups is 1. The first-order valence-electron chi connectivity index (χ1n) is 6.88. The Bertz CT molecular complexity index is 409. The number of benzene rings is 1. The summed E-state index contributed by atoms with van der Waals surface area (Å²) < 4.78 is 0. The molecule has 0 radical (unpaired) electrons. The number of carboxylic acid groups (broad SMARTS) is 1. The molecule has 3 nitrogen and oxygen atoms in total. The fourth-order valence-corrected chi connectivity index (χ4v) is 2.45. The second-order valence-electron chi connectivity index (χ2n) is 5.70. The Labute approximate surface area is 116 Å². The predicted molar refractivity (Wildman–Crippen MR) is 78.3 cm³/mol. The van der Waals surface area contributed by atoms with Crippen molar-refractivity contribution in [3.8, 4) is 0 Å². The standard InChI is InChI=1S/C16H25NO2/c1-10(2)12-6-8-13(9-7-12)15(17-5)14(11(3)4)16(18)19/h6-11,14-15,17H,1-5H3,(H,18,19). The van der Waals surface area contributed by atoms with E-state index in [0.717, 1.165) is 5.56 Å². The summed E-state index contributed by atoms with van der Waals surface area (Å²) in [5.41, 5.74) is 2.31. The molecule has 0 saturated heterocycles. The third kappa shape index (κ3) is 3.80. The molecule has 0 saturated carbocycles. The van der Waals surface area contributed by atoms with Crippen molar-refractivity contribution in [1.82, 2.24) is 5.32 Å². The zero-order chi connectivity index (χ0) is 14.6. The Morgan fingerprint density at radius 2 is 1.53 bits per heavy atom. The molecule has 0 amide bonds. The zero-order valence-electron chi connectivity index (χ0n) is 12.5. The highest BCUT2D eigenvalue weighted by molar-refractivity contribution is 5.71. The van der Waals surface area contributed by atoms with E-state index in [1.54, 1.807) is 0 Å². The summed E-state index contributed by atoms with van der Waals surface area (Å²) in [6.07, 6.45) is 0. The average Bonchev–Trinajstić information content (AvgIpc) is 2.34. The second-order valence-corrected chi connectivity index (χ2v) is 5.70. The number of nitrogens with one attached hydrogen (secondary N) is 1. The summed E-state index contributed by atoms with van der Waals surface area (Å²) in [5.74, 6) is -0.598. The topological polar surface area (TPSA) is 49.3 Å². The van der Waals surface area contributed by atoms with Crippen molar-refractivity contribution in [3.05, 3.63) is 35.4 Å². The summed E-state index contributed by atoms with van der Waals surface area (Å²) in [6, 6.07) is 8.09. The van der Waals surface area contributed by atoms with E-state index in [1.807, 2.05) is 33.0 Å². The zero-order valence-corrected chi connectivity index (χ0v) is 12.5. The lowest BCUT2D eigenvalue weighted by atomic mass is 9.84. The van der Waals surface area contributed by atoms with Crippen molar-refractivity contribution < 1.29 is 9.90 Å². The molecule has 2 unspecified atom stereocenters. The van der Waals surface area contributed by atoms with Crippen molar-refractivity contribution in [2.75, 3.05) is 7.05 Å². The van der Waals surface area contributed by atoms with Crippen LogP contribution in [0.1, 0.15) is 50.8 Å². The van der Waals surface area contributed by atoms with E-state index in [0.29, 0.717) is 5.92 Å². The minimum absolute atomic E-state index is 0.0831. The molecule has 1 aromatic carbocycles. The van der Waals surface area contributed by atoms with Gasteiger partial charge < -0.3 is 10.4 Å². The van der Waals surface area contributed by atoms with E-state index in [1.165, 1.54) is 5.56 Å². The van der Waals surface area contributed by atoms with Gasteiger partial charge in [-0.05, 0) is 30.0 Å². The maximum atomic E-state index is 11.4. The molecular weight excluding hydrogens is 238 g/mol. The van der Waals surface area contributed by atoms with Gasteiger partial charge in [0.1, 0.15) is 0 Å². The van der Waals surface area contributed by atoms with Crippen LogP contribution in [0, 0.1) is 11.8 Å². The molecule has 0 heterocycles. The Morgan fingerprint density at radius 1 is 1.05 bits per heavy atom. The first-order valence-corrected chi connectivity index (χ1v) is 6.88. The van der Waals surface area contributed by atoms with Gasteiger partial charge in [-0.25, -0.2) is 0 Å². The summed E-state index contributed by atoms with van der Waals surface area (Å²) in [6.45, 7) is 8.20. The lowest BCUT2D eigenvalue weighted by Gasteiger charge is -2.27. The molecule has 0 aliphatic heterocycles. The van der Waals surface area contributed by atoms with Crippen molar-refractivity contribution in [3.63, 3.8) is 0 Å². The van der Waals surface area contributed by atoms with Crippen LogP contribution in [-0.4, -0.2) is 18.1 Å². The lowest BCUT2D eigenvalue weighted by Crippen LogP contribution is -2.34. The van der Waals surface area contributed by atoms with E-state index in [-0.39, 0.29) is 12.0 Å². The molecule has 3 heteroatoms. The quantitative estimate of drug-likeness (QED) is 0.826. The highest BCUT2D eigenvalue weighted by Gasteiger charge is 2.31. The van der Waals surface area contributed by atoms with Gasteiger partial charge in [0.2, 0.25) is 0 Å². The largest absolute Gasteiger partial charge is 0.481 e. The van der Waals surface area contributed by atoms with Crippen LogP contribution in [0.2, 0.25) is 0 Å². The molecular formula is C16H25NO2. The number of carboxylic acids is 1. The van der Waals surface area contributed by atoms with E-state index in [9.17, 15) is 9.90 Å². The average molecular weight is 263 g/mol. The Morgan fingerprint density at radius 3 is 1.84 bits per heavy atom.